The summed E-state index contributed by atoms with van der Waals surface area (Å²) in [5, 5.41) is 8.48. The van der Waals surface area contributed by atoms with E-state index in [1.54, 1.807) is 4.90 Å². The van der Waals surface area contributed by atoms with Gasteiger partial charge in [0.05, 0.1) is 0 Å². The summed E-state index contributed by atoms with van der Waals surface area (Å²) in [4.78, 5) is 38.9. The van der Waals surface area contributed by atoms with Gasteiger partial charge in [-0.1, -0.05) is 30.3 Å². The van der Waals surface area contributed by atoms with Gasteiger partial charge in [0.1, 0.15) is 6.61 Å². The highest BCUT2D eigenvalue weighted by Gasteiger charge is 2.24. The molecule has 1 saturated heterocycles. The third-order valence-corrected chi connectivity index (χ3v) is 4.35. The molecule has 26 heavy (non-hydrogen) atoms. The summed E-state index contributed by atoms with van der Waals surface area (Å²) < 4.78 is 5.33. The van der Waals surface area contributed by atoms with Crippen LogP contribution < -0.4 is 11.0 Å². The maximum atomic E-state index is 12.1. The van der Waals surface area contributed by atoms with Gasteiger partial charge in [-0.05, 0) is 24.3 Å². The largest absolute Gasteiger partial charge is 0.445 e. The molecule has 0 aliphatic carbocycles. The van der Waals surface area contributed by atoms with Crippen LogP contribution in [0.15, 0.2) is 35.1 Å². The molecule has 138 valence electrons. The summed E-state index contributed by atoms with van der Waals surface area (Å²) in [6.45, 7) is 1.92. The van der Waals surface area contributed by atoms with E-state index in [0.717, 1.165) is 18.4 Å². The first-order chi connectivity index (χ1) is 12.6. The number of carbonyl (C=O) groups is 2. The van der Waals surface area contributed by atoms with Crippen LogP contribution in [0.2, 0.25) is 0 Å². The molecule has 0 unspecified atom stereocenters. The zero-order valence-corrected chi connectivity index (χ0v) is 14.2. The number of piperidine rings is 1. The number of aromatic amines is 2. The molecule has 0 radical (unpaired) electrons. The number of amides is 2. The van der Waals surface area contributed by atoms with Crippen molar-refractivity contribution in [1.29, 1.82) is 0 Å². The molecule has 3 N–H and O–H groups in total. The van der Waals surface area contributed by atoms with E-state index in [1.807, 2.05) is 30.3 Å². The topological polar surface area (TPSA) is 120 Å². The Labute approximate surface area is 149 Å². The van der Waals surface area contributed by atoms with Crippen molar-refractivity contribution in [3.8, 4) is 0 Å². The summed E-state index contributed by atoms with van der Waals surface area (Å²) in [5.74, 6) is -0.187. The first kappa shape index (κ1) is 17.7. The summed E-state index contributed by atoms with van der Waals surface area (Å²) in [7, 11) is 0. The van der Waals surface area contributed by atoms with Crippen LogP contribution in [0.1, 0.15) is 29.0 Å². The standard InChI is InChI=1S/C17H21N5O4/c23-15(14-19-16(24)21-20-14)18-10-12-6-8-22(9-7-12)17(25)26-11-13-4-2-1-3-5-13/h1-5,12H,6-11H2,(H,18,23)(H2,19,20,21,24). The molecule has 1 fully saturated rings. The number of hydrogen-bond acceptors (Lipinski definition) is 5. The smallest absolute Gasteiger partial charge is 0.410 e. The van der Waals surface area contributed by atoms with Crippen molar-refractivity contribution < 1.29 is 14.3 Å². The number of benzene rings is 1. The van der Waals surface area contributed by atoms with Crippen LogP contribution >= 0.6 is 0 Å². The number of nitrogens with zero attached hydrogens (tertiary/aromatic N) is 2. The third kappa shape index (κ3) is 4.71. The second kappa shape index (κ2) is 8.32. The third-order valence-electron chi connectivity index (χ3n) is 4.35. The van der Waals surface area contributed by atoms with E-state index in [-0.39, 0.29) is 24.4 Å². The number of carbonyl (C=O) groups excluding carboxylic acids is 2. The predicted molar refractivity (Wildman–Crippen MR) is 92.5 cm³/mol. The van der Waals surface area contributed by atoms with Gasteiger partial charge in [-0.3, -0.25) is 9.78 Å². The Kier molecular flexibility index (Phi) is 5.67. The molecule has 1 aliphatic heterocycles. The number of aromatic nitrogens is 3. The van der Waals surface area contributed by atoms with Crippen molar-refractivity contribution in [3.05, 3.63) is 52.2 Å². The fourth-order valence-electron chi connectivity index (χ4n) is 2.83. The van der Waals surface area contributed by atoms with Gasteiger partial charge < -0.3 is 15.0 Å². The van der Waals surface area contributed by atoms with Crippen molar-refractivity contribution in [1.82, 2.24) is 25.4 Å². The van der Waals surface area contributed by atoms with Crippen LogP contribution in [0.4, 0.5) is 4.79 Å². The minimum absolute atomic E-state index is 0.0306. The number of ether oxygens (including phenoxy) is 1. The summed E-state index contributed by atoms with van der Waals surface area (Å²) in [5.41, 5.74) is 0.437. The highest BCUT2D eigenvalue weighted by atomic mass is 16.6. The van der Waals surface area contributed by atoms with Crippen molar-refractivity contribution >= 4 is 12.0 Å². The second-order valence-electron chi connectivity index (χ2n) is 6.21. The normalized spacial score (nSPS) is 14.8. The SMILES string of the molecule is O=C(NCC1CCN(C(=O)OCc2ccccc2)CC1)c1n[nH]c(=O)[nH]1. The number of H-pyrrole nitrogens is 2. The Morgan fingerprint density at radius 1 is 1.23 bits per heavy atom. The number of hydrogen-bond donors (Lipinski definition) is 3. The molecule has 0 saturated carbocycles. The molecule has 2 aromatic rings. The van der Waals surface area contributed by atoms with Crippen LogP contribution in [0.3, 0.4) is 0 Å². The fourth-order valence-corrected chi connectivity index (χ4v) is 2.83. The van der Waals surface area contributed by atoms with Gasteiger partial charge in [0, 0.05) is 19.6 Å². The number of nitrogens with one attached hydrogen (secondary N) is 3. The maximum Gasteiger partial charge on any atom is 0.410 e. The summed E-state index contributed by atoms with van der Waals surface area (Å²) in [6.07, 6.45) is 1.24. The molecule has 0 atom stereocenters. The predicted octanol–water partition coefficient (Wildman–Crippen LogP) is 0.877. The molecule has 2 heterocycles. The molecular weight excluding hydrogens is 338 g/mol. The van der Waals surface area contributed by atoms with E-state index in [4.69, 9.17) is 4.74 Å². The lowest BCUT2D eigenvalue weighted by Crippen LogP contribution is -2.41. The Bertz CT molecular complexity index is 793. The van der Waals surface area contributed by atoms with E-state index in [2.05, 4.69) is 20.5 Å². The highest BCUT2D eigenvalue weighted by Crippen LogP contribution is 2.17. The second-order valence-corrected chi connectivity index (χ2v) is 6.21. The van der Waals surface area contributed by atoms with E-state index < -0.39 is 11.6 Å². The van der Waals surface area contributed by atoms with Gasteiger partial charge in [0.2, 0.25) is 5.82 Å². The molecule has 3 rings (SSSR count). The Balaban J connectivity index is 1.37. The Morgan fingerprint density at radius 3 is 2.62 bits per heavy atom. The summed E-state index contributed by atoms with van der Waals surface area (Å²) >= 11 is 0. The quantitative estimate of drug-likeness (QED) is 0.732. The molecular formula is C17H21N5O4. The average molecular weight is 359 g/mol. The Morgan fingerprint density at radius 2 is 1.96 bits per heavy atom. The van der Waals surface area contributed by atoms with Gasteiger partial charge >= 0.3 is 11.8 Å². The average Bonchev–Trinajstić information content (AvgIpc) is 3.12. The molecule has 1 aliphatic rings. The monoisotopic (exact) mass is 359 g/mol. The van der Waals surface area contributed by atoms with Gasteiger partial charge in [-0.15, -0.1) is 5.10 Å². The lowest BCUT2D eigenvalue weighted by molar-refractivity contribution is 0.0799. The van der Waals surface area contributed by atoms with Gasteiger partial charge in [-0.25, -0.2) is 14.7 Å². The van der Waals surface area contributed by atoms with E-state index in [1.165, 1.54) is 0 Å². The van der Waals surface area contributed by atoms with Crippen LogP contribution in [0, 0.1) is 5.92 Å². The van der Waals surface area contributed by atoms with Crippen LogP contribution in [0.25, 0.3) is 0 Å². The number of likely N-dealkylation sites (tertiary alicyclic amines) is 1. The molecule has 9 nitrogen and oxygen atoms in total. The molecule has 2 amide bonds. The van der Waals surface area contributed by atoms with Crippen molar-refractivity contribution in [2.75, 3.05) is 19.6 Å². The molecule has 9 heteroatoms. The first-order valence-corrected chi connectivity index (χ1v) is 8.50. The lowest BCUT2D eigenvalue weighted by Gasteiger charge is -2.31. The van der Waals surface area contributed by atoms with E-state index in [0.29, 0.717) is 19.6 Å². The highest BCUT2D eigenvalue weighted by molar-refractivity contribution is 5.90. The van der Waals surface area contributed by atoms with Crippen molar-refractivity contribution in [2.24, 2.45) is 5.92 Å². The van der Waals surface area contributed by atoms with Crippen molar-refractivity contribution in [2.45, 2.75) is 19.4 Å². The first-order valence-electron chi connectivity index (χ1n) is 8.50. The molecule has 1 aromatic carbocycles. The van der Waals surface area contributed by atoms with Gasteiger partial charge in [0.25, 0.3) is 5.91 Å². The fraction of sp³-hybridized carbons (Fsp3) is 0.412. The van der Waals surface area contributed by atoms with E-state index in [9.17, 15) is 14.4 Å². The minimum Gasteiger partial charge on any atom is -0.445 e. The molecule has 0 bridgehead atoms. The van der Waals surface area contributed by atoms with Crippen molar-refractivity contribution in [3.63, 3.8) is 0 Å². The van der Waals surface area contributed by atoms with E-state index >= 15 is 0 Å². The molecule has 0 spiro atoms. The lowest BCUT2D eigenvalue weighted by atomic mass is 9.97. The zero-order chi connectivity index (χ0) is 18.4. The minimum atomic E-state index is -0.516. The molecule has 1 aromatic heterocycles. The summed E-state index contributed by atoms with van der Waals surface area (Å²) in [6, 6.07) is 9.55. The zero-order valence-electron chi connectivity index (χ0n) is 14.2. The van der Waals surface area contributed by atoms with Crippen LogP contribution in [0.5, 0.6) is 0 Å². The maximum absolute atomic E-state index is 12.1. The van der Waals surface area contributed by atoms with Gasteiger partial charge in [-0.2, -0.15) is 0 Å². The van der Waals surface area contributed by atoms with Gasteiger partial charge in [0.15, 0.2) is 0 Å². The number of rotatable bonds is 5. The van der Waals surface area contributed by atoms with Crippen LogP contribution in [-0.4, -0.2) is 51.7 Å². The Hall–Kier alpha value is -3.10. The van der Waals surface area contributed by atoms with Crippen LogP contribution in [-0.2, 0) is 11.3 Å².